The second kappa shape index (κ2) is 15.9. The Balaban J connectivity index is 1.35. The van der Waals surface area contributed by atoms with Crippen molar-refractivity contribution >= 4 is 34.5 Å². The van der Waals surface area contributed by atoms with Gasteiger partial charge in [-0.2, -0.15) is 0 Å². The number of nitrogens with one attached hydrogen (secondary N) is 3. The average Bonchev–Trinajstić information content (AvgIpc) is 3.06. The minimum atomic E-state index is -1.30. The Morgan fingerprint density at radius 3 is 2.35 bits per heavy atom. The van der Waals surface area contributed by atoms with Gasteiger partial charge in [0.2, 0.25) is 17.7 Å². The van der Waals surface area contributed by atoms with Crippen molar-refractivity contribution in [2.24, 2.45) is 17.6 Å². The van der Waals surface area contributed by atoms with Gasteiger partial charge in [0.15, 0.2) is 0 Å². The summed E-state index contributed by atoms with van der Waals surface area (Å²) in [5.41, 5.74) is 6.70. The zero-order chi connectivity index (χ0) is 35.1. The molecule has 6 atom stereocenters. The highest BCUT2D eigenvalue weighted by molar-refractivity contribution is 5.99. The Labute approximate surface area is 288 Å². The average molecular weight is 671 g/mol. The summed E-state index contributed by atoms with van der Waals surface area (Å²) in [6.45, 7) is 6.73. The first-order valence-electron chi connectivity index (χ1n) is 17.4. The molecule has 262 valence electrons. The summed E-state index contributed by atoms with van der Waals surface area (Å²) in [5, 5.41) is 21.4. The van der Waals surface area contributed by atoms with Crippen LogP contribution in [0.25, 0.3) is 10.9 Å². The number of likely N-dealkylation sites (tertiary alicyclic amines) is 1. The number of carbonyl (C=O) groups excluding carboxylic acids is 4. The number of pyridine rings is 1. The predicted molar refractivity (Wildman–Crippen MR) is 188 cm³/mol. The van der Waals surface area contributed by atoms with E-state index in [4.69, 9.17) is 5.73 Å². The van der Waals surface area contributed by atoms with E-state index in [0.717, 1.165) is 36.6 Å². The number of carbonyl (C=O) groups is 4. The van der Waals surface area contributed by atoms with Gasteiger partial charge >= 0.3 is 0 Å². The molecule has 11 nitrogen and oxygen atoms in total. The number of aliphatic hydroxyl groups is 1. The minimum absolute atomic E-state index is 0.0566. The molecule has 0 radical (unpaired) electrons. The van der Waals surface area contributed by atoms with Crippen molar-refractivity contribution in [2.45, 2.75) is 95.5 Å². The van der Waals surface area contributed by atoms with E-state index in [9.17, 15) is 24.3 Å². The number of hydrogen-bond acceptors (Lipinski definition) is 7. The Kier molecular flexibility index (Phi) is 11.7. The maximum atomic E-state index is 13.8. The molecule has 11 heteroatoms. The first-order valence-corrected chi connectivity index (χ1v) is 17.4. The minimum Gasteiger partial charge on any atom is -0.390 e. The van der Waals surface area contributed by atoms with Gasteiger partial charge in [-0.15, -0.1) is 0 Å². The van der Waals surface area contributed by atoms with Crippen LogP contribution in [0.4, 0.5) is 0 Å². The molecule has 1 aromatic heterocycles. The number of aliphatic hydroxyl groups excluding tert-OH is 1. The number of para-hydroxylation sites is 1. The molecule has 2 aliphatic rings. The van der Waals surface area contributed by atoms with E-state index in [0.29, 0.717) is 23.9 Å². The zero-order valence-corrected chi connectivity index (χ0v) is 28.7. The lowest BCUT2D eigenvalue weighted by atomic mass is 9.72. The smallest absolute Gasteiger partial charge is 0.270 e. The number of nitrogens with zero attached hydrogens (tertiary/aromatic N) is 2. The molecule has 5 rings (SSSR count). The first-order chi connectivity index (χ1) is 23.4. The van der Waals surface area contributed by atoms with E-state index in [1.54, 1.807) is 18.2 Å². The summed E-state index contributed by atoms with van der Waals surface area (Å²) in [4.78, 5) is 59.3. The van der Waals surface area contributed by atoms with Gasteiger partial charge in [-0.1, -0.05) is 73.9 Å². The van der Waals surface area contributed by atoms with Crippen molar-refractivity contribution in [2.75, 3.05) is 13.1 Å². The largest absolute Gasteiger partial charge is 0.390 e. The fraction of sp³-hybridized carbons (Fsp3) is 0.500. The monoisotopic (exact) mass is 670 g/mol. The van der Waals surface area contributed by atoms with E-state index < -0.39 is 53.9 Å². The quantitative estimate of drug-likeness (QED) is 0.198. The third kappa shape index (κ3) is 9.86. The number of β-amino-alcohol motifs (C(OH)–C–C–N with tert-alkyl or cyclic N) is 1. The Hall–Kier alpha value is -4.35. The summed E-state index contributed by atoms with van der Waals surface area (Å²) in [7, 11) is 0. The molecule has 0 spiro atoms. The van der Waals surface area contributed by atoms with Crippen LogP contribution in [-0.4, -0.2) is 81.5 Å². The van der Waals surface area contributed by atoms with E-state index in [1.807, 2.05) is 69.3 Å². The lowest BCUT2D eigenvalue weighted by Crippen LogP contribution is -2.61. The standard InChI is InChI=1S/C38H50N6O5/c1-38(2,3)43-37(49)32-20-26-14-7-8-15-27(26)22-44(32)23-33(45)30(19-24-11-5-4-6-12-24)41-36(48)31(21-34(39)46)42-35(47)29-18-17-25-13-9-10-16-28(25)40-29/h4-6,9-13,16-18,26-27,30-33,45H,7-8,14-15,19-23H2,1-3H3,(H2,39,46)(H,41,48)(H,42,47)(H,43,49)/t26-,27+,30-,31+,32-,33-/m0/s1. The molecule has 2 fully saturated rings. The van der Waals surface area contributed by atoms with Crippen molar-refractivity contribution in [1.82, 2.24) is 25.8 Å². The SMILES string of the molecule is CC(C)(C)NC(=O)[C@@H]1C[C@@H]2CCCC[C@@H]2CN1C[C@H](O)[C@H](Cc1ccccc1)NC(=O)[C@@H](CC(N)=O)NC(=O)c1ccc2ccccc2n1. The van der Waals surface area contributed by atoms with E-state index >= 15 is 0 Å². The van der Waals surface area contributed by atoms with Crippen LogP contribution in [0.2, 0.25) is 0 Å². The molecule has 49 heavy (non-hydrogen) atoms. The summed E-state index contributed by atoms with van der Waals surface area (Å²) in [5.74, 6) is -1.20. The highest BCUT2D eigenvalue weighted by Crippen LogP contribution is 2.39. The zero-order valence-electron chi connectivity index (χ0n) is 28.7. The van der Waals surface area contributed by atoms with Crippen molar-refractivity contribution in [3.8, 4) is 0 Å². The number of amides is 4. The van der Waals surface area contributed by atoms with Crippen LogP contribution in [0.3, 0.4) is 0 Å². The number of aromatic nitrogens is 1. The topological polar surface area (TPSA) is 167 Å². The highest BCUT2D eigenvalue weighted by Gasteiger charge is 2.42. The van der Waals surface area contributed by atoms with Gasteiger partial charge in [0.1, 0.15) is 11.7 Å². The molecule has 1 saturated carbocycles. The van der Waals surface area contributed by atoms with Crippen LogP contribution in [-0.2, 0) is 20.8 Å². The molecule has 2 aromatic carbocycles. The van der Waals surface area contributed by atoms with Crippen molar-refractivity contribution in [3.05, 3.63) is 78.0 Å². The molecule has 6 N–H and O–H groups in total. The summed E-state index contributed by atoms with van der Waals surface area (Å²) < 4.78 is 0. The number of nitrogens with two attached hydrogens (primary N) is 1. The molecule has 0 bridgehead atoms. The van der Waals surface area contributed by atoms with Crippen LogP contribution in [0.5, 0.6) is 0 Å². The normalized spacial score (nSPS) is 21.5. The molecule has 4 amide bonds. The molecular weight excluding hydrogens is 620 g/mol. The number of hydrogen-bond donors (Lipinski definition) is 5. The summed E-state index contributed by atoms with van der Waals surface area (Å²) >= 11 is 0. The second-order valence-electron chi connectivity index (χ2n) is 14.7. The van der Waals surface area contributed by atoms with E-state index in [-0.39, 0.29) is 24.6 Å². The maximum absolute atomic E-state index is 13.8. The number of primary amides is 1. The Morgan fingerprint density at radius 2 is 1.63 bits per heavy atom. The van der Waals surface area contributed by atoms with E-state index in [2.05, 4.69) is 25.8 Å². The van der Waals surface area contributed by atoms with Gasteiger partial charge in [-0.25, -0.2) is 4.98 Å². The maximum Gasteiger partial charge on any atom is 0.270 e. The molecular formula is C38H50N6O5. The predicted octanol–water partition coefficient (Wildman–Crippen LogP) is 3.09. The number of benzene rings is 2. The molecule has 1 aliphatic heterocycles. The molecule has 1 aliphatic carbocycles. The number of piperidine rings is 1. The molecule has 3 aromatic rings. The van der Waals surface area contributed by atoms with Gasteiger partial charge in [-0.3, -0.25) is 24.1 Å². The van der Waals surface area contributed by atoms with Crippen LogP contribution in [0.15, 0.2) is 66.7 Å². The van der Waals surface area contributed by atoms with Gasteiger partial charge < -0.3 is 26.8 Å². The molecule has 0 unspecified atom stereocenters. The van der Waals surface area contributed by atoms with Crippen molar-refractivity contribution < 1.29 is 24.3 Å². The van der Waals surface area contributed by atoms with Crippen LogP contribution >= 0.6 is 0 Å². The number of fused-ring (bicyclic) bond motifs is 2. The van der Waals surface area contributed by atoms with Crippen LogP contribution in [0.1, 0.15) is 75.3 Å². The second-order valence-corrected chi connectivity index (χ2v) is 14.7. The van der Waals surface area contributed by atoms with Gasteiger partial charge in [-0.05, 0) is 69.6 Å². The summed E-state index contributed by atoms with van der Waals surface area (Å²) in [6, 6.07) is 17.6. The van der Waals surface area contributed by atoms with Gasteiger partial charge in [0.25, 0.3) is 5.91 Å². The number of rotatable bonds is 12. The van der Waals surface area contributed by atoms with E-state index in [1.165, 1.54) is 6.42 Å². The van der Waals surface area contributed by atoms with Crippen molar-refractivity contribution in [1.29, 1.82) is 0 Å². The van der Waals surface area contributed by atoms with Gasteiger partial charge in [0, 0.05) is 24.0 Å². The fourth-order valence-electron chi connectivity index (χ4n) is 7.26. The lowest BCUT2D eigenvalue weighted by molar-refractivity contribution is -0.133. The van der Waals surface area contributed by atoms with Gasteiger partial charge in [0.05, 0.1) is 30.1 Å². The third-order valence-electron chi connectivity index (χ3n) is 9.67. The molecule has 2 heterocycles. The van der Waals surface area contributed by atoms with Crippen LogP contribution < -0.4 is 21.7 Å². The highest BCUT2D eigenvalue weighted by atomic mass is 16.3. The summed E-state index contributed by atoms with van der Waals surface area (Å²) in [6.07, 6.45) is 4.03. The van der Waals surface area contributed by atoms with Crippen LogP contribution in [0, 0.1) is 11.8 Å². The Morgan fingerprint density at radius 1 is 0.939 bits per heavy atom. The third-order valence-corrected chi connectivity index (χ3v) is 9.67. The first kappa shape index (κ1) is 35.9. The molecule has 1 saturated heterocycles. The Bertz CT molecular complexity index is 1630. The lowest BCUT2D eigenvalue weighted by Gasteiger charge is -2.47. The van der Waals surface area contributed by atoms with Crippen molar-refractivity contribution in [3.63, 3.8) is 0 Å². The fourth-order valence-corrected chi connectivity index (χ4v) is 7.26.